The zero-order valence-corrected chi connectivity index (χ0v) is 11.0. The minimum atomic E-state index is -3.53. The fourth-order valence-electron chi connectivity index (χ4n) is 1.13. The topological polar surface area (TPSA) is 70.0 Å². The number of nitrogens with one attached hydrogen (secondary N) is 1. The van der Waals surface area contributed by atoms with E-state index >= 15 is 0 Å². The van der Waals surface area contributed by atoms with E-state index in [1.54, 1.807) is 12.1 Å². The maximum atomic E-state index is 11.9. The first-order valence-electron chi connectivity index (χ1n) is 5.24. The monoisotopic (exact) mass is 252 g/mol. The molecule has 0 saturated carbocycles. The summed E-state index contributed by atoms with van der Waals surface area (Å²) in [6.45, 7) is 6.19. The van der Waals surface area contributed by atoms with Gasteiger partial charge < -0.3 is 0 Å². The average molecular weight is 252 g/mol. The molecule has 92 valence electrons. The van der Waals surface area contributed by atoms with Crippen molar-refractivity contribution in [2.45, 2.75) is 25.7 Å². The van der Waals surface area contributed by atoms with E-state index in [4.69, 9.17) is 5.26 Å². The Morgan fingerprint density at radius 1 is 1.35 bits per heavy atom. The molecule has 17 heavy (non-hydrogen) atoms. The Kier molecular flexibility index (Phi) is 3.91. The molecule has 0 atom stereocenters. The zero-order chi connectivity index (χ0) is 13.1. The highest BCUT2D eigenvalue weighted by molar-refractivity contribution is 7.89. The zero-order valence-electron chi connectivity index (χ0n) is 10.2. The van der Waals surface area contributed by atoms with Crippen molar-refractivity contribution in [2.75, 3.05) is 6.54 Å². The molecule has 0 bridgehead atoms. The van der Waals surface area contributed by atoms with Crippen LogP contribution in [0, 0.1) is 16.7 Å². The van der Waals surface area contributed by atoms with Crippen LogP contribution in [0.15, 0.2) is 29.2 Å². The lowest BCUT2D eigenvalue weighted by Gasteiger charge is -2.18. The van der Waals surface area contributed by atoms with Gasteiger partial charge in [0.25, 0.3) is 0 Å². The molecule has 0 aromatic heterocycles. The smallest absolute Gasteiger partial charge is 0.211 e. The lowest BCUT2D eigenvalue weighted by molar-refractivity contribution is 0.407. The molecule has 5 heteroatoms. The number of hydrogen-bond donors (Lipinski definition) is 1. The molecule has 1 rings (SSSR count). The second kappa shape index (κ2) is 4.86. The van der Waals surface area contributed by atoms with Crippen LogP contribution < -0.4 is 4.72 Å². The van der Waals surface area contributed by atoms with Crippen LogP contribution in [0.3, 0.4) is 0 Å². The molecule has 0 aliphatic carbocycles. The first-order chi connectivity index (χ1) is 7.74. The van der Waals surface area contributed by atoms with E-state index in [9.17, 15) is 8.42 Å². The van der Waals surface area contributed by atoms with Gasteiger partial charge in [-0.1, -0.05) is 26.8 Å². The van der Waals surface area contributed by atoms with Crippen LogP contribution in [0.1, 0.15) is 26.3 Å². The van der Waals surface area contributed by atoms with Gasteiger partial charge in [-0.2, -0.15) is 5.26 Å². The third kappa shape index (κ3) is 4.17. The highest BCUT2D eigenvalue weighted by atomic mass is 32.2. The van der Waals surface area contributed by atoms with Gasteiger partial charge in [0.1, 0.15) is 0 Å². The van der Waals surface area contributed by atoms with Gasteiger partial charge in [0.2, 0.25) is 10.0 Å². The Hall–Kier alpha value is -1.38. The van der Waals surface area contributed by atoms with Gasteiger partial charge in [-0.3, -0.25) is 0 Å². The number of nitriles is 1. The van der Waals surface area contributed by atoms with Crippen molar-refractivity contribution < 1.29 is 8.42 Å². The van der Waals surface area contributed by atoms with Gasteiger partial charge in [-0.05, 0) is 23.6 Å². The number of rotatable bonds is 3. The summed E-state index contributed by atoms with van der Waals surface area (Å²) in [5.41, 5.74) is 0.212. The summed E-state index contributed by atoms with van der Waals surface area (Å²) in [7, 11) is -3.53. The van der Waals surface area contributed by atoms with Crippen molar-refractivity contribution in [3.05, 3.63) is 29.8 Å². The number of benzene rings is 1. The lowest BCUT2D eigenvalue weighted by Crippen LogP contribution is -2.32. The molecule has 0 saturated heterocycles. The van der Waals surface area contributed by atoms with Crippen LogP contribution >= 0.6 is 0 Å². The van der Waals surface area contributed by atoms with E-state index in [1.165, 1.54) is 12.1 Å². The second-order valence-corrected chi connectivity index (χ2v) is 6.79. The Labute approximate surface area is 102 Å². The van der Waals surface area contributed by atoms with Gasteiger partial charge in [0, 0.05) is 6.54 Å². The third-order valence-electron chi connectivity index (χ3n) is 2.07. The molecule has 0 unspecified atom stereocenters. The quantitative estimate of drug-likeness (QED) is 0.893. The molecule has 1 N–H and O–H groups in total. The first-order valence-corrected chi connectivity index (χ1v) is 6.73. The van der Waals surface area contributed by atoms with Crippen molar-refractivity contribution in [3.63, 3.8) is 0 Å². The fraction of sp³-hybridized carbons (Fsp3) is 0.417. The molecule has 0 fully saturated rings. The van der Waals surface area contributed by atoms with Crippen LogP contribution in [0.5, 0.6) is 0 Å². The van der Waals surface area contributed by atoms with E-state index in [0.717, 1.165) is 0 Å². The summed E-state index contributed by atoms with van der Waals surface area (Å²) in [6.07, 6.45) is 0. The third-order valence-corrected chi connectivity index (χ3v) is 3.46. The summed E-state index contributed by atoms with van der Waals surface area (Å²) >= 11 is 0. The molecule has 4 nitrogen and oxygen atoms in total. The second-order valence-electron chi connectivity index (χ2n) is 5.02. The largest absolute Gasteiger partial charge is 0.240 e. The predicted octanol–water partition coefficient (Wildman–Crippen LogP) is 1.88. The van der Waals surface area contributed by atoms with Crippen LogP contribution in [-0.4, -0.2) is 15.0 Å². The Morgan fingerprint density at radius 3 is 2.53 bits per heavy atom. The molecule has 0 amide bonds. The summed E-state index contributed by atoms with van der Waals surface area (Å²) in [4.78, 5) is 0.126. The lowest BCUT2D eigenvalue weighted by atomic mass is 9.98. The molecular weight excluding hydrogens is 236 g/mol. The molecular formula is C12H16N2O2S. The normalized spacial score (nSPS) is 12.1. The van der Waals surface area contributed by atoms with Crippen LogP contribution in [0.25, 0.3) is 0 Å². The summed E-state index contributed by atoms with van der Waals surface area (Å²) < 4.78 is 26.4. The highest BCUT2D eigenvalue weighted by Gasteiger charge is 2.18. The van der Waals surface area contributed by atoms with Crippen LogP contribution in [0.2, 0.25) is 0 Å². The molecule has 1 aromatic carbocycles. The van der Waals surface area contributed by atoms with Crippen molar-refractivity contribution in [1.82, 2.24) is 4.72 Å². The van der Waals surface area contributed by atoms with Gasteiger partial charge in [-0.15, -0.1) is 0 Å². The molecule has 0 aliphatic rings. The average Bonchev–Trinajstić information content (AvgIpc) is 2.26. The minimum Gasteiger partial charge on any atom is -0.211 e. The number of nitrogens with zero attached hydrogens (tertiary/aromatic N) is 1. The van der Waals surface area contributed by atoms with Gasteiger partial charge in [0.15, 0.2) is 0 Å². The van der Waals surface area contributed by atoms with Gasteiger partial charge in [-0.25, -0.2) is 13.1 Å². The standard InChI is InChI=1S/C12H16N2O2S/c1-12(2,3)9-14-17(15,16)11-6-4-5-10(7-11)8-13/h4-7,14H,9H2,1-3H3. The van der Waals surface area contributed by atoms with Crippen molar-refractivity contribution >= 4 is 10.0 Å². The summed E-state index contributed by atoms with van der Waals surface area (Å²) in [5, 5.41) is 8.72. The van der Waals surface area contributed by atoms with Gasteiger partial charge >= 0.3 is 0 Å². The molecule has 1 aromatic rings. The molecule has 0 radical (unpaired) electrons. The maximum Gasteiger partial charge on any atom is 0.240 e. The number of hydrogen-bond acceptors (Lipinski definition) is 3. The predicted molar refractivity (Wildman–Crippen MR) is 65.8 cm³/mol. The van der Waals surface area contributed by atoms with Crippen molar-refractivity contribution in [2.24, 2.45) is 5.41 Å². The van der Waals surface area contributed by atoms with E-state index < -0.39 is 10.0 Å². The fourth-order valence-corrected chi connectivity index (χ4v) is 2.46. The van der Waals surface area contributed by atoms with Gasteiger partial charge in [0.05, 0.1) is 16.5 Å². The van der Waals surface area contributed by atoms with E-state index in [1.807, 2.05) is 26.8 Å². The highest BCUT2D eigenvalue weighted by Crippen LogP contribution is 2.15. The molecule has 0 aliphatic heterocycles. The Morgan fingerprint density at radius 2 is 2.00 bits per heavy atom. The van der Waals surface area contributed by atoms with E-state index in [2.05, 4.69) is 4.72 Å². The number of sulfonamides is 1. The molecule has 0 heterocycles. The van der Waals surface area contributed by atoms with E-state index in [0.29, 0.717) is 12.1 Å². The van der Waals surface area contributed by atoms with Crippen LogP contribution in [0.4, 0.5) is 0 Å². The Bertz CT molecular complexity index is 536. The molecule has 0 spiro atoms. The van der Waals surface area contributed by atoms with E-state index in [-0.39, 0.29) is 10.3 Å². The summed E-state index contributed by atoms with van der Waals surface area (Å²) in [5.74, 6) is 0. The van der Waals surface area contributed by atoms with Crippen LogP contribution in [-0.2, 0) is 10.0 Å². The maximum absolute atomic E-state index is 11.9. The van der Waals surface area contributed by atoms with Crippen molar-refractivity contribution in [1.29, 1.82) is 5.26 Å². The van der Waals surface area contributed by atoms with Crippen molar-refractivity contribution in [3.8, 4) is 6.07 Å². The SMILES string of the molecule is CC(C)(C)CNS(=O)(=O)c1cccc(C#N)c1. The first kappa shape index (κ1) is 13.7. The Balaban J connectivity index is 2.94. The minimum absolute atomic E-state index is 0.125. The summed E-state index contributed by atoms with van der Waals surface area (Å²) in [6, 6.07) is 7.90.